The largest absolute Gasteiger partial charge is 0.370 e. The molecule has 94 valence electrons. The van der Waals surface area contributed by atoms with Gasteiger partial charge in [0.25, 0.3) is 0 Å². The topological polar surface area (TPSA) is 64.4 Å². The lowest BCUT2D eigenvalue weighted by Gasteiger charge is -2.14. The van der Waals surface area contributed by atoms with E-state index < -0.39 is 5.91 Å². The predicted molar refractivity (Wildman–Crippen MR) is 64.1 cm³/mol. The zero-order valence-electron chi connectivity index (χ0n) is 10.0. The SMILES string of the molecule is NC(=O)COCCNCC1CCCCCC1. The molecule has 1 fully saturated rings. The summed E-state index contributed by atoms with van der Waals surface area (Å²) in [4.78, 5) is 10.4. The molecule has 3 N–H and O–H groups in total. The highest BCUT2D eigenvalue weighted by Crippen LogP contribution is 2.21. The first-order valence-corrected chi connectivity index (χ1v) is 6.36. The summed E-state index contributed by atoms with van der Waals surface area (Å²) in [5.41, 5.74) is 4.96. The molecule has 0 saturated heterocycles. The van der Waals surface area contributed by atoms with Crippen LogP contribution in [0.5, 0.6) is 0 Å². The summed E-state index contributed by atoms with van der Waals surface area (Å²) < 4.78 is 5.07. The highest BCUT2D eigenvalue weighted by atomic mass is 16.5. The standard InChI is InChI=1S/C12H24N2O2/c13-12(15)10-16-8-7-14-9-11-5-3-1-2-4-6-11/h11,14H,1-10H2,(H2,13,15). The number of hydrogen-bond acceptors (Lipinski definition) is 3. The summed E-state index contributed by atoms with van der Waals surface area (Å²) in [6, 6.07) is 0. The fourth-order valence-electron chi connectivity index (χ4n) is 2.19. The van der Waals surface area contributed by atoms with Crippen molar-refractivity contribution in [2.45, 2.75) is 38.5 Å². The van der Waals surface area contributed by atoms with Crippen molar-refractivity contribution in [1.82, 2.24) is 5.32 Å². The minimum Gasteiger partial charge on any atom is -0.370 e. The van der Waals surface area contributed by atoms with Gasteiger partial charge in [-0.3, -0.25) is 4.79 Å². The molecule has 0 atom stereocenters. The van der Waals surface area contributed by atoms with Crippen LogP contribution >= 0.6 is 0 Å². The minimum absolute atomic E-state index is 0.0328. The fraction of sp³-hybridized carbons (Fsp3) is 0.917. The van der Waals surface area contributed by atoms with E-state index in [1.54, 1.807) is 0 Å². The molecular weight excluding hydrogens is 204 g/mol. The Morgan fingerprint density at radius 1 is 1.25 bits per heavy atom. The first-order valence-electron chi connectivity index (χ1n) is 6.36. The number of carbonyl (C=O) groups is 1. The molecule has 0 aromatic rings. The Hall–Kier alpha value is -0.610. The number of rotatable bonds is 7. The van der Waals surface area contributed by atoms with Gasteiger partial charge in [0.2, 0.25) is 5.91 Å². The molecule has 0 bridgehead atoms. The van der Waals surface area contributed by atoms with E-state index in [1.165, 1.54) is 38.5 Å². The molecule has 0 unspecified atom stereocenters. The Bertz CT molecular complexity index is 189. The maximum absolute atomic E-state index is 10.4. The summed E-state index contributed by atoms with van der Waals surface area (Å²) in [7, 11) is 0. The maximum Gasteiger partial charge on any atom is 0.243 e. The Kier molecular flexibility index (Phi) is 7.17. The molecule has 0 aliphatic heterocycles. The van der Waals surface area contributed by atoms with Crippen molar-refractivity contribution >= 4 is 5.91 Å². The molecule has 0 aromatic carbocycles. The Balaban J connectivity index is 1.91. The van der Waals surface area contributed by atoms with Crippen molar-refractivity contribution in [2.24, 2.45) is 11.7 Å². The molecule has 1 aliphatic carbocycles. The van der Waals surface area contributed by atoms with E-state index in [-0.39, 0.29) is 6.61 Å². The third kappa shape index (κ3) is 6.80. The highest BCUT2D eigenvalue weighted by Gasteiger charge is 2.11. The van der Waals surface area contributed by atoms with Crippen molar-refractivity contribution in [1.29, 1.82) is 0 Å². The number of nitrogens with two attached hydrogens (primary N) is 1. The molecule has 16 heavy (non-hydrogen) atoms. The third-order valence-electron chi connectivity index (χ3n) is 3.08. The average molecular weight is 228 g/mol. The van der Waals surface area contributed by atoms with Gasteiger partial charge in [-0.2, -0.15) is 0 Å². The maximum atomic E-state index is 10.4. The number of hydrogen-bond donors (Lipinski definition) is 2. The van der Waals surface area contributed by atoms with Crippen LogP contribution in [0.3, 0.4) is 0 Å². The van der Waals surface area contributed by atoms with Crippen molar-refractivity contribution < 1.29 is 9.53 Å². The van der Waals surface area contributed by atoms with Crippen LogP contribution in [0.1, 0.15) is 38.5 Å². The molecule has 0 spiro atoms. The van der Waals surface area contributed by atoms with Crippen molar-refractivity contribution in [2.75, 3.05) is 26.3 Å². The van der Waals surface area contributed by atoms with E-state index in [2.05, 4.69) is 5.32 Å². The second kappa shape index (κ2) is 8.53. The van der Waals surface area contributed by atoms with Gasteiger partial charge < -0.3 is 15.8 Å². The van der Waals surface area contributed by atoms with E-state index >= 15 is 0 Å². The number of carbonyl (C=O) groups excluding carboxylic acids is 1. The normalized spacial score (nSPS) is 18.2. The van der Waals surface area contributed by atoms with Crippen LogP contribution in [0.4, 0.5) is 0 Å². The smallest absolute Gasteiger partial charge is 0.243 e. The van der Waals surface area contributed by atoms with Crippen LogP contribution < -0.4 is 11.1 Å². The molecule has 1 amide bonds. The van der Waals surface area contributed by atoms with Crippen LogP contribution in [0.2, 0.25) is 0 Å². The van der Waals surface area contributed by atoms with Crippen LogP contribution in [0.15, 0.2) is 0 Å². The second-order valence-electron chi connectivity index (χ2n) is 4.58. The molecule has 0 heterocycles. The lowest BCUT2D eigenvalue weighted by molar-refractivity contribution is -0.122. The quantitative estimate of drug-likeness (QED) is 0.505. The van der Waals surface area contributed by atoms with Gasteiger partial charge in [-0.05, 0) is 25.3 Å². The van der Waals surface area contributed by atoms with E-state index in [0.29, 0.717) is 6.61 Å². The van der Waals surface area contributed by atoms with E-state index in [4.69, 9.17) is 10.5 Å². The summed E-state index contributed by atoms with van der Waals surface area (Å²) in [6.45, 7) is 2.49. The number of nitrogens with one attached hydrogen (secondary N) is 1. The first-order chi connectivity index (χ1) is 7.79. The summed E-state index contributed by atoms with van der Waals surface area (Å²) in [6.07, 6.45) is 8.27. The van der Waals surface area contributed by atoms with Gasteiger partial charge in [0.15, 0.2) is 0 Å². The fourth-order valence-corrected chi connectivity index (χ4v) is 2.19. The molecule has 1 rings (SSSR count). The average Bonchev–Trinajstić information content (AvgIpc) is 2.51. The predicted octanol–water partition coefficient (Wildman–Crippen LogP) is 1.05. The van der Waals surface area contributed by atoms with Gasteiger partial charge >= 0.3 is 0 Å². The summed E-state index contributed by atoms with van der Waals surface area (Å²) in [5, 5.41) is 3.38. The molecule has 0 aromatic heterocycles. The Morgan fingerprint density at radius 2 is 1.94 bits per heavy atom. The second-order valence-corrected chi connectivity index (χ2v) is 4.58. The van der Waals surface area contributed by atoms with Crippen molar-refractivity contribution in [3.63, 3.8) is 0 Å². The lowest BCUT2D eigenvalue weighted by Crippen LogP contribution is -2.27. The zero-order valence-corrected chi connectivity index (χ0v) is 10.0. The Labute approximate surface area is 97.9 Å². The Morgan fingerprint density at radius 3 is 2.56 bits per heavy atom. The van der Waals surface area contributed by atoms with Crippen LogP contribution in [-0.2, 0) is 9.53 Å². The highest BCUT2D eigenvalue weighted by molar-refractivity contribution is 5.74. The van der Waals surface area contributed by atoms with Crippen LogP contribution in [0.25, 0.3) is 0 Å². The molecular formula is C12H24N2O2. The van der Waals surface area contributed by atoms with E-state index in [0.717, 1.165) is 19.0 Å². The zero-order chi connectivity index (χ0) is 11.6. The minimum atomic E-state index is -0.399. The molecule has 1 aliphatic rings. The lowest BCUT2D eigenvalue weighted by atomic mass is 10.0. The molecule has 4 heteroatoms. The van der Waals surface area contributed by atoms with E-state index in [9.17, 15) is 4.79 Å². The van der Waals surface area contributed by atoms with Crippen molar-refractivity contribution in [3.8, 4) is 0 Å². The van der Waals surface area contributed by atoms with Gasteiger partial charge in [-0.15, -0.1) is 0 Å². The van der Waals surface area contributed by atoms with Gasteiger partial charge in [0.1, 0.15) is 6.61 Å². The van der Waals surface area contributed by atoms with Gasteiger partial charge in [0, 0.05) is 6.54 Å². The van der Waals surface area contributed by atoms with E-state index in [1.807, 2.05) is 0 Å². The number of primary amides is 1. The summed E-state index contributed by atoms with van der Waals surface area (Å²) in [5.74, 6) is 0.433. The molecule has 0 radical (unpaired) electrons. The third-order valence-corrected chi connectivity index (χ3v) is 3.08. The van der Waals surface area contributed by atoms with Gasteiger partial charge in [-0.1, -0.05) is 25.7 Å². The van der Waals surface area contributed by atoms with Crippen molar-refractivity contribution in [3.05, 3.63) is 0 Å². The molecule has 4 nitrogen and oxygen atoms in total. The monoisotopic (exact) mass is 228 g/mol. The van der Waals surface area contributed by atoms with Crippen LogP contribution in [-0.4, -0.2) is 32.2 Å². The summed E-state index contributed by atoms with van der Waals surface area (Å²) >= 11 is 0. The first kappa shape index (κ1) is 13.5. The van der Waals surface area contributed by atoms with Gasteiger partial charge in [-0.25, -0.2) is 0 Å². The van der Waals surface area contributed by atoms with Crippen LogP contribution in [0, 0.1) is 5.92 Å². The number of amides is 1. The number of ether oxygens (including phenoxy) is 1. The molecule has 1 saturated carbocycles. The van der Waals surface area contributed by atoms with Gasteiger partial charge in [0.05, 0.1) is 6.61 Å².